The Morgan fingerprint density at radius 2 is 2.18 bits per heavy atom. The van der Waals surface area contributed by atoms with Gasteiger partial charge in [-0.25, -0.2) is 4.79 Å². The highest BCUT2D eigenvalue weighted by atomic mass is 16.6. The topological polar surface area (TPSA) is 92.9 Å². The number of carbonyl (C=O) groups is 1. The van der Waals surface area contributed by atoms with Crippen LogP contribution in [0.15, 0.2) is 12.1 Å². The summed E-state index contributed by atoms with van der Waals surface area (Å²) < 4.78 is 4.65. The summed E-state index contributed by atoms with van der Waals surface area (Å²) in [6, 6.07) is 3.15. The molecule has 1 heterocycles. The summed E-state index contributed by atoms with van der Waals surface area (Å²) in [5.74, 6) is -0.516. The number of ether oxygens (including phenoxy) is 1. The van der Waals surface area contributed by atoms with Crippen molar-refractivity contribution in [2.45, 2.75) is 26.4 Å². The van der Waals surface area contributed by atoms with Gasteiger partial charge in [-0.1, -0.05) is 6.92 Å². The molecular weight excluding hydrogens is 288 g/mol. The molecule has 0 spiro atoms. The quantitative estimate of drug-likeness (QED) is 0.521. The van der Waals surface area contributed by atoms with E-state index in [1.165, 1.54) is 13.2 Å². The van der Waals surface area contributed by atoms with Gasteiger partial charge in [0.05, 0.1) is 18.1 Å². The zero-order valence-electron chi connectivity index (χ0n) is 12.9. The lowest BCUT2D eigenvalue weighted by Crippen LogP contribution is -2.43. The van der Waals surface area contributed by atoms with E-state index >= 15 is 0 Å². The molecule has 1 aromatic carbocycles. The van der Waals surface area contributed by atoms with Gasteiger partial charge in [-0.05, 0) is 31.4 Å². The van der Waals surface area contributed by atoms with Gasteiger partial charge in [0.15, 0.2) is 0 Å². The highest BCUT2D eigenvalue weighted by molar-refractivity contribution is 5.95. The van der Waals surface area contributed by atoms with E-state index in [1.54, 1.807) is 13.0 Å². The van der Waals surface area contributed by atoms with Crippen LogP contribution in [0.2, 0.25) is 0 Å². The Hall–Kier alpha value is -2.15. The molecule has 120 valence electrons. The molecule has 0 aromatic heterocycles. The predicted octanol–water partition coefficient (Wildman–Crippen LogP) is 1.90. The lowest BCUT2D eigenvalue weighted by Gasteiger charge is -2.36. The number of nitro benzene ring substituents is 1. The van der Waals surface area contributed by atoms with Crippen LogP contribution in [0.5, 0.6) is 0 Å². The number of nitro groups is 1. The highest BCUT2D eigenvalue weighted by Crippen LogP contribution is 2.32. The van der Waals surface area contributed by atoms with Crippen LogP contribution in [-0.2, 0) is 4.74 Å². The molecule has 7 heteroatoms. The molecule has 1 fully saturated rings. The van der Waals surface area contributed by atoms with E-state index in [9.17, 15) is 20.0 Å². The first-order valence-corrected chi connectivity index (χ1v) is 7.15. The molecule has 1 aliphatic rings. The number of rotatable bonds is 3. The SMILES string of the molecule is COC(=O)c1cc(N2CCC(C)C(O)C2)cc(C)c1[N+](=O)[O-]. The number of aliphatic hydroxyl groups is 1. The van der Waals surface area contributed by atoms with Gasteiger partial charge in [0.25, 0.3) is 5.69 Å². The molecule has 0 bridgehead atoms. The molecule has 2 atom stereocenters. The van der Waals surface area contributed by atoms with Crippen molar-refractivity contribution in [3.05, 3.63) is 33.4 Å². The molecule has 0 radical (unpaired) electrons. The largest absolute Gasteiger partial charge is 0.465 e. The van der Waals surface area contributed by atoms with Crippen LogP contribution in [0, 0.1) is 23.0 Å². The Balaban J connectivity index is 2.44. The Bertz CT molecular complexity index is 602. The number of methoxy groups -OCH3 is 1. The second-order valence-electron chi connectivity index (χ2n) is 5.69. The summed E-state index contributed by atoms with van der Waals surface area (Å²) in [6.45, 7) is 4.76. The van der Waals surface area contributed by atoms with Crippen LogP contribution in [-0.4, -0.2) is 42.3 Å². The minimum absolute atomic E-state index is 0.0596. The van der Waals surface area contributed by atoms with Crippen LogP contribution in [0.4, 0.5) is 11.4 Å². The third kappa shape index (κ3) is 3.04. The van der Waals surface area contributed by atoms with Crippen molar-refractivity contribution in [2.75, 3.05) is 25.1 Å². The first-order chi connectivity index (χ1) is 10.3. The number of aliphatic hydroxyl groups excluding tert-OH is 1. The number of β-amino-alcohol motifs (C(OH)–C–C–N with tert-alkyl or cyclic N) is 1. The van der Waals surface area contributed by atoms with E-state index < -0.39 is 17.0 Å². The summed E-state index contributed by atoms with van der Waals surface area (Å²) in [4.78, 5) is 24.4. The van der Waals surface area contributed by atoms with Gasteiger partial charge in [0, 0.05) is 24.3 Å². The summed E-state index contributed by atoms with van der Waals surface area (Å²) in [5.41, 5.74) is 0.794. The van der Waals surface area contributed by atoms with E-state index in [-0.39, 0.29) is 17.2 Å². The standard InChI is InChI=1S/C15H20N2O5/c1-9-4-5-16(8-13(9)18)11-6-10(2)14(17(20)21)12(7-11)15(19)22-3/h6-7,9,13,18H,4-5,8H2,1-3H3. The number of hydrogen-bond acceptors (Lipinski definition) is 6. The molecule has 7 nitrogen and oxygen atoms in total. The van der Waals surface area contributed by atoms with Crippen molar-refractivity contribution >= 4 is 17.3 Å². The Morgan fingerprint density at radius 3 is 2.73 bits per heavy atom. The number of benzene rings is 1. The van der Waals surface area contributed by atoms with Crippen LogP contribution in [0.1, 0.15) is 29.3 Å². The molecule has 0 amide bonds. The fraction of sp³-hybridized carbons (Fsp3) is 0.533. The third-order valence-corrected chi connectivity index (χ3v) is 4.16. The summed E-state index contributed by atoms with van der Waals surface area (Å²) in [7, 11) is 1.19. The van der Waals surface area contributed by atoms with Gasteiger partial charge in [-0.3, -0.25) is 10.1 Å². The zero-order chi connectivity index (χ0) is 16.4. The molecule has 0 saturated carbocycles. The molecule has 2 rings (SSSR count). The van der Waals surface area contributed by atoms with Gasteiger partial charge < -0.3 is 14.7 Å². The average Bonchev–Trinajstić information content (AvgIpc) is 2.47. The lowest BCUT2D eigenvalue weighted by molar-refractivity contribution is -0.385. The Labute approximate surface area is 128 Å². The van der Waals surface area contributed by atoms with Crippen molar-refractivity contribution in [1.82, 2.24) is 0 Å². The van der Waals surface area contributed by atoms with Crippen molar-refractivity contribution in [3.63, 3.8) is 0 Å². The van der Waals surface area contributed by atoms with Gasteiger partial charge in [0.1, 0.15) is 5.56 Å². The fourth-order valence-electron chi connectivity index (χ4n) is 2.73. The highest BCUT2D eigenvalue weighted by Gasteiger charge is 2.29. The second-order valence-corrected chi connectivity index (χ2v) is 5.69. The molecular formula is C15H20N2O5. The van der Waals surface area contributed by atoms with Crippen LogP contribution in [0.25, 0.3) is 0 Å². The van der Waals surface area contributed by atoms with E-state index in [0.29, 0.717) is 17.8 Å². The van der Waals surface area contributed by atoms with E-state index in [2.05, 4.69) is 4.74 Å². The van der Waals surface area contributed by atoms with Crippen LogP contribution in [0.3, 0.4) is 0 Å². The van der Waals surface area contributed by atoms with Crippen molar-refractivity contribution in [2.24, 2.45) is 5.92 Å². The van der Waals surface area contributed by atoms with Gasteiger partial charge >= 0.3 is 5.97 Å². The number of piperidine rings is 1. The average molecular weight is 308 g/mol. The summed E-state index contributed by atoms with van der Waals surface area (Å²) in [5, 5.41) is 21.2. The van der Waals surface area contributed by atoms with Gasteiger partial charge in [0.2, 0.25) is 0 Å². The minimum atomic E-state index is -0.734. The first kappa shape index (κ1) is 16.2. The van der Waals surface area contributed by atoms with E-state index in [1.807, 2.05) is 11.8 Å². The Morgan fingerprint density at radius 1 is 1.50 bits per heavy atom. The summed E-state index contributed by atoms with van der Waals surface area (Å²) >= 11 is 0. The summed E-state index contributed by atoms with van der Waals surface area (Å²) in [6.07, 6.45) is 0.371. The molecule has 1 N–H and O–H groups in total. The monoisotopic (exact) mass is 308 g/mol. The maximum absolute atomic E-state index is 11.8. The van der Waals surface area contributed by atoms with Gasteiger partial charge in [-0.15, -0.1) is 0 Å². The fourth-order valence-corrected chi connectivity index (χ4v) is 2.73. The lowest BCUT2D eigenvalue weighted by atomic mass is 9.95. The van der Waals surface area contributed by atoms with Crippen LogP contribution >= 0.6 is 0 Å². The maximum Gasteiger partial charge on any atom is 0.344 e. The molecule has 1 aromatic rings. The number of carbonyl (C=O) groups excluding carboxylic acids is 1. The second kappa shape index (κ2) is 6.31. The molecule has 1 saturated heterocycles. The van der Waals surface area contributed by atoms with Gasteiger partial charge in [-0.2, -0.15) is 0 Å². The zero-order valence-corrected chi connectivity index (χ0v) is 12.9. The van der Waals surface area contributed by atoms with Crippen LogP contribution < -0.4 is 4.90 Å². The molecule has 2 unspecified atom stereocenters. The maximum atomic E-state index is 11.8. The first-order valence-electron chi connectivity index (χ1n) is 7.15. The normalized spacial score (nSPS) is 21.5. The van der Waals surface area contributed by atoms with Crippen molar-refractivity contribution < 1.29 is 19.6 Å². The number of esters is 1. The van der Waals surface area contributed by atoms with Crippen molar-refractivity contribution in [1.29, 1.82) is 0 Å². The Kier molecular flexibility index (Phi) is 4.65. The van der Waals surface area contributed by atoms with E-state index in [0.717, 1.165) is 13.0 Å². The number of nitrogens with zero attached hydrogens (tertiary/aromatic N) is 2. The third-order valence-electron chi connectivity index (χ3n) is 4.16. The molecule has 22 heavy (non-hydrogen) atoms. The number of anilines is 1. The van der Waals surface area contributed by atoms with E-state index in [4.69, 9.17) is 0 Å². The van der Waals surface area contributed by atoms with Crippen molar-refractivity contribution in [3.8, 4) is 0 Å². The number of aryl methyl sites for hydroxylation is 1. The smallest absolute Gasteiger partial charge is 0.344 e. The molecule has 0 aliphatic carbocycles. The number of hydrogen-bond donors (Lipinski definition) is 1. The predicted molar refractivity (Wildman–Crippen MR) is 81.2 cm³/mol. The molecule has 1 aliphatic heterocycles. The minimum Gasteiger partial charge on any atom is -0.465 e.